The van der Waals surface area contributed by atoms with Crippen LogP contribution in [0.3, 0.4) is 0 Å². The van der Waals surface area contributed by atoms with E-state index in [0.717, 1.165) is 49.4 Å². The predicted octanol–water partition coefficient (Wildman–Crippen LogP) is 5.10. The largest absolute Gasteiger partial charge is 0.395 e. The van der Waals surface area contributed by atoms with Crippen LogP contribution in [0.25, 0.3) is 11.1 Å². The van der Waals surface area contributed by atoms with Gasteiger partial charge in [0.2, 0.25) is 0 Å². The zero-order valence-corrected chi connectivity index (χ0v) is 17.6. The van der Waals surface area contributed by atoms with Crippen LogP contribution in [0.1, 0.15) is 37.6 Å². The average Bonchev–Trinajstić information content (AvgIpc) is 2.74. The molecule has 0 aromatic heterocycles. The Morgan fingerprint density at radius 1 is 1.07 bits per heavy atom. The van der Waals surface area contributed by atoms with Crippen LogP contribution in [-0.4, -0.2) is 49.3 Å². The van der Waals surface area contributed by atoms with E-state index in [2.05, 4.69) is 34.9 Å². The molecule has 0 radical (unpaired) electrons. The zero-order valence-electron chi connectivity index (χ0n) is 16.8. The maximum Gasteiger partial charge on any atom is 0.126 e. The molecule has 3 rings (SSSR count). The molecule has 1 saturated heterocycles. The summed E-state index contributed by atoms with van der Waals surface area (Å²) in [7, 11) is 0. The van der Waals surface area contributed by atoms with Crippen LogP contribution in [0.2, 0.25) is 5.02 Å². The highest BCUT2D eigenvalue weighted by atomic mass is 35.5. The Hall–Kier alpha value is -1.62. The quantitative estimate of drug-likeness (QED) is 0.695. The third-order valence-electron chi connectivity index (χ3n) is 5.62. The van der Waals surface area contributed by atoms with Crippen LogP contribution in [0.15, 0.2) is 36.4 Å². The van der Waals surface area contributed by atoms with E-state index in [9.17, 15) is 4.39 Å². The minimum atomic E-state index is -1.07. The molecule has 152 valence electrons. The fraction of sp³-hybridized carbons (Fsp3) is 0.478. The molecule has 28 heavy (non-hydrogen) atoms. The average molecular weight is 405 g/mol. The molecule has 1 N–H and O–H groups in total. The maximum atomic E-state index is 14.8. The summed E-state index contributed by atoms with van der Waals surface area (Å²) in [4.78, 5) is 4.55. The lowest BCUT2D eigenvalue weighted by atomic mass is 9.94. The molecule has 0 aliphatic carbocycles. The van der Waals surface area contributed by atoms with Crippen molar-refractivity contribution in [3.05, 3.63) is 52.5 Å². The number of halogens is 2. The molecule has 0 spiro atoms. The van der Waals surface area contributed by atoms with Crippen molar-refractivity contribution in [1.29, 1.82) is 0 Å². The summed E-state index contributed by atoms with van der Waals surface area (Å²) in [5, 5.41) is 9.68. The van der Waals surface area contributed by atoms with Crippen molar-refractivity contribution >= 4 is 17.3 Å². The minimum Gasteiger partial charge on any atom is -0.395 e. The number of aliphatic hydroxyl groups is 1. The van der Waals surface area contributed by atoms with Gasteiger partial charge in [0.05, 0.1) is 11.6 Å². The van der Waals surface area contributed by atoms with Crippen molar-refractivity contribution < 1.29 is 9.50 Å². The monoisotopic (exact) mass is 404 g/mol. The molecular weight excluding hydrogens is 375 g/mol. The number of nitrogens with zero attached hydrogens (tertiary/aromatic N) is 2. The highest BCUT2D eigenvalue weighted by Gasteiger charge is 2.22. The fourth-order valence-electron chi connectivity index (χ4n) is 3.92. The summed E-state index contributed by atoms with van der Waals surface area (Å²) >= 11 is 6.73. The number of benzene rings is 2. The molecule has 1 aliphatic heterocycles. The highest BCUT2D eigenvalue weighted by Crippen LogP contribution is 2.41. The van der Waals surface area contributed by atoms with Gasteiger partial charge >= 0.3 is 0 Å². The number of anilines is 1. The second-order valence-corrected chi connectivity index (χ2v) is 7.71. The van der Waals surface area contributed by atoms with Crippen LogP contribution in [-0.2, 0) is 6.42 Å². The van der Waals surface area contributed by atoms with Gasteiger partial charge in [-0.2, -0.15) is 0 Å². The van der Waals surface area contributed by atoms with Crippen LogP contribution < -0.4 is 4.90 Å². The molecular formula is C23H30ClFN2O. The van der Waals surface area contributed by atoms with Gasteiger partial charge in [-0.05, 0) is 36.1 Å². The summed E-state index contributed by atoms with van der Waals surface area (Å²) in [6.45, 7) is 8.37. The topological polar surface area (TPSA) is 26.7 Å². The first kappa shape index (κ1) is 21.1. The van der Waals surface area contributed by atoms with Crippen molar-refractivity contribution in [2.45, 2.75) is 32.9 Å². The van der Waals surface area contributed by atoms with Gasteiger partial charge < -0.3 is 10.0 Å². The first-order valence-corrected chi connectivity index (χ1v) is 10.6. The number of β-amino-alcohol motifs (C(OH)–C–C–N with tert-alkyl or cyclic N) is 1. The van der Waals surface area contributed by atoms with E-state index in [1.54, 1.807) is 0 Å². The number of rotatable bonds is 7. The van der Waals surface area contributed by atoms with Crippen LogP contribution in [0.4, 0.5) is 10.1 Å². The molecule has 1 atom stereocenters. The maximum absolute atomic E-state index is 14.8. The van der Waals surface area contributed by atoms with E-state index >= 15 is 0 Å². The number of hydrogen-bond donors (Lipinski definition) is 1. The molecule has 2 aromatic carbocycles. The molecule has 3 nitrogen and oxygen atoms in total. The van der Waals surface area contributed by atoms with Crippen molar-refractivity contribution in [1.82, 2.24) is 4.90 Å². The number of aliphatic hydroxyl groups excluding tert-OH is 1. The molecule has 1 heterocycles. The normalized spacial score (nSPS) is 16.4. The Morgan fingerprint density at radius 2 is 1.79 bits per heavy atom. The molecule has 0 amide bonds. The van der Waals surface area contributed by atoms with E-state index in [-0.39, 0.29) is 6.61 Å². The standard InChI is InChI=1S/C23H30ClFN2O/c1-3-17-7-5-6-8-19(17)20-15-18(16-21(23(20)24)22(25)4-2)27-11-9-26(10-12-27)13-14-28/h5-8,15-16,22,28H,3-4,9-14H2,1-2H3. The smallest absolute Gasteiger partial charge is 0.126 e. The van der Waals surface area contributed by atoms with E-state index in [4.69, 9.17) is 16.7 Å². The van der Waals surface area contributed by atoms with Gasteiger partial charge in [-0.25, -0.2) is 4.39 Å². The van der Waals surface area contributed by atoms with Gasteiger partial charge in [0, 0.05) is 49.5 Å². The van der Waals surface area contributed by atoms with Gasteiger partial charge in [-0.3, -0.25) is 4.90 Å². The summed E-state index contributed by atoms with van der Waals surface area (Å²) < 4.78 is 14.8. The number of piperazine rings is 1. The third kappa shape index (κ3) is 4.51. The Kier molecular flexibility index (Phi) is 7.33. The summed E-state index contributed by atoms with van der Waals surface area (Å²) in [6, 6.07) is 12.3. The lowest BCUT2D eigenvalue weighted by molar-refractivity contribution is 0.189. The van der Waals surface area contributed by atoms with Crippen LogP contribution in [0, 0.1) is 0 Å². The lowest BCUT2D eigenvalue weighted by Gasteiger charge is -2.36. The van der Waals surface area contributed by atoms with E-state index in [1.807, 2.05) is 25.1 Å². The van der Waals surface area contributed by atoms with Gasteiger partial charge in [0.15, 0.2) is 0 Å². The lowest BCUT2D eigenvalue weighted by Crippen LogP contribution is -2.47. The SMILES string of the molecule is CCc1ccccc1-c1cc(N2CCN(CCO)CC2)cc(C(F)CC)c1Cl. The molecule has 0 bridgehead atoms. The Bertz CT molecular complexity index is 790. The van der Waals surface area contributed by atoms with Crippen molar-refractivity contribution in [2.24, 2.45) is 0 Å². The fourth-order valence-corrected chi connectivity index (χ4v) is 4.25. The van der Waals surface area contributed by atoms with Crippen molar-refractivity contribution in [3.8, 4) is 11.1 Å². The number of hydrogen-bond acceptors (Lipinski definition) is 3. The second-order valence-electron chi connectivity index (χ2n) is 7.34. The van der Waals surface area contributed by atoms with E-state index in [1.165, 1.54) is 5.56 Å². The Labute approximate surface area is 172 Å². The van der Waals surface area contributed by atoms with Crippen molar-refractivity contribution in [3.63, 3.8) is 0 Å². The van der Waals surface area contributed by atoms with Gasteiger partial charge in [0.1, 0.15) is 6.17 Å². The van der Waals surface area contributed by atoms with Gasteiger partial charge in [0.25, 0.3) is 0 Å². The second kappa shape index (κ2) is 9.73. The molecule has 1 aliphatic rings. The third-order valence-corrected chi connectivity index (χ3v) is 6.05. The summed E-state index contributed by atoms with van der Waals surface area (Å²) in [5.41, 5.74) is 4.83. The Balaban J connectivity index is 2.02. The van der Waals surface area contributed by atoms with Crippen LogP contribution >= 0.6 is 11.6 Å². The number of aryl methyl sites for hydroxylation is 1. The first-order chi connectivity index (χ1) is 13.6. The molecule has 2 aromatic rings. The van der Waals surface area contributed by atoms with Crippen LogP contribution in [0.5, 0.6) is 0 Å². The Morgan fingerprint density at radius 3 is 2.43 bits per heavy atom. The highest BCUT2D eigenvalue weighted by molar-refractivity contribution is 6.34. The molecule has 1 unspecified atom stereocenters. The number of alkyl halides is 1. The summed E-state index contributed by atoms with van der Waals surface area (Å²) in [5.74, 6) is 0. The zero-order chi connectivity index (χ0) is 20.1. The van der Waals surface area contributed by atoms with E-state index < -0.39 is 6.17 Å². The van der Waals surface area contributed by atoms with Gasteiger partial charge in [-0.1, -0.05) is 49.7 Å². The molecule has 5 heteroatoms. The predicted molar refractivity (Wildman–Crippen MR) is 116 cm³/mol. The van der Waals surface area contributed by atoms with Gasteiger partial charge in [-0.15, -0.1) is 0 Å². The van der Waals surface area contributed by atoms with E-state index in [0.29, 0.717) is 23.6 Å². The molecule has 0 saturated carbocycles. The minimum absolute atomic E-state index is 0.184. The summed E-state index contributed by atoms with van der Waals surface area (Å²) in [6.07, 6.45) is 0.233. The van der Waals surface area contributed by atoms with Crippen molar-refractivity contribution in [2.75, 3.05) is 44.2 Å². The first-order valence-electron chi connectivity index (χ1n) is 10.2. The molecule has 1 fully saturated rings.